The van der Waals surface area contributed by atoms with Crippen LogP contribution in [0.15, 0.2) is 60.7 Å². The Morgan fingerprint density at radius 3 is 2.16 bits per heavy atom. The molecular formula is C26H25Cl2NO3. The molecule has 0 saturated heterocycles. The summed E-state index contributed by atoms with van der Waals surface area (Å²) in [7, 11) is 0. The standard InChI is InChI=1S/C26H25Cl2NO3/c1-2-3-4-17-5-7-18(8-6-17)13-19-10-12-24(21(14-19)26(31)32)29-25(30)16-20-9-11-22(27)23(28)15-20/h5-12,14-15H,2-4,13,16H2,1H3,(H,29,30)(H,31,32). The lowest BCUT2D eigenvalue weighted by Crippen LogP contribution is -2.17. The van der Waals surface area contributed by atoms with Crippen LogP contribution in [-0.4, -0.2) is 17.0 Å². The molecule has 0 atom stereocenters. The van der Waals surface area contributed by atoms with Crippen molar-refractivity contribution < 1.29 is 14.7 Å². The lowest BCUT2D eigenvalue weighted by atomic mass is 9.99. The maximum Gasteiger partial charge on any atom is 0.337 e. The van der Waals surface area contributed by atoms with Crippen molar-refractivity contribution in [1.82, 2.24) is 0 Å². The molecule has 6 heteroatoms. The first kappa shape index (κ1) is 23.8. The third-order valence-corrected chi connectivity index (χ3v) is 5.93. The number of carboxylic acids is 1. The summed E-state index contributed by atoms with van der Waals surface area (Å²) in [5.74, 6) is -1.42. The molecule has 166 valence electrons. The van der Waals surface area contributed by atoms with E-state index >= 15 is 0 Å². The predicted molar refractivity (Wildman–Crippen MR) is 130 cm³/mol. The number of carboxylic acid groups (broad SMARTS) is 1. The zero-order valence-electron chi connectivity index (χ0n) is 17.8. The van der Waals surface area contributed by atoms with E-state index in [1.54, 1.807) is 30.3 Å². The number of aryl methyl sites for hydroxylation is 1. The smallest absolute Gasteiger partial charge is 0.337 e. The van der Waals surface area contributed by atoms with Crippen LogP contribution in [0.3, 0.4) is 0 Å². The number of unbranched alkanes of at least 4 members (excludes halogenated alkanes) is 1. The second-order valence-corrected chi connectivity index (χ2v) is 8.57. The van der Waals surface area contributed by atoms with E-state index in [2.05, 4.69) is 36.5 Å². The van der Waals surface area contributed by atoms with E-state index < -0.39 is 5.97 Å². The van der Waals surface area contributed by atoms with Crippen molar-refractivity contribution in [3.05, 3.63) is 98.5 Å². The Bertz CT molecular complexity index is 1110. The topological polar surface area (TPSA) is 66.4 Å². The minimum atomic E-state index is -1.09. The molecule has 0 unspecified atom stereocenters. The molecule has 0 bridgehead atoms. The third kappa shape index (κ3) is 6.59. The maximum absolute atomic E-state index is 12.5. The van der Waals surface area contributed by atoms with E-state index in [1.807, 2.05) is 6.07 Å². The van der Waals surface area contributed by atoms with Crippen LogP contribution in [0.5, 0.6) is 0 Å². The summed E-state index contributed by atoms with van der Waals surface area (Å²) in [6.45, 7) is 2.17. The van der Waals surface area contributed by atoms with Gasteiger partial charge in [0.15, 0.2) is 0 Å². The fraction of sp³-hybridized carbons (Fsp3) is 0.231. The Kier molecular flexibility index (Phi) is 8.32. The highest BCUT2D eigenvalue weighted by Crippen LogP contribution is 2.24. The molecule has 0 fully saturated rings. The number of carbonyl (C=O) groups excluding carboxylic acids is 1. The van der Waals surface area contributed by atoms with Crippen LogP contribution in [-0.2, 0) is 24.1 Å². The highest BCUT2D eigenvalue weighted by Gasteiger charge is 2.14. The van der Waals surface area contributed by atoms with E-state index in [1.165, 1.54) is 12.0 Å². The van der Waals surface area contributed by atoms with Gasteiger partial charge in [-0.2, -0.15) is 0 Å². The summed E-state index contributed by atoms with van der Waals surface area (Å²) in [5.41, 5.74) is 4.30. The summed E-state index contributed by atoms with van der Waals surface area (Å²) < 4.78 is 0. The predicted octanol–water partition coefficient (Wildman–Crippen LogP) is 6.81. The number of nitrogens with one attached hydrogen (secondary N) is 1. The average Bonchev–Trinajstić information content (AvgIpc) is 2.76. The van der Waals surface area contributed by atoms with Crippen molar-refractivity contribution in [3.63, 3.8) is 0 Å². The van der Waals surface area contributed by atoms with Gasteiger partial charge in [0.25, 0.3) is 0 Å². The Morgan fingerprint density at radius 2 is 1.50 bits per heavy atom. The van der Waals surface area contributed by atoms with Crippen molar-refractivity contribution in [2.75, 3.05) is 5.32 Å². The van der Waals surface area contributed by atoms with Gasteiger partial charge >= 0.3 is 5.97 Å². The molecule has 0 spiro atoms. The molecule has 3 aromatic rings. The number of hydrogen-bond acceptors (Lipinski definition) is 2. The Labute approximate surface area is 198 Å². The van der Waals surface area contributed by atoms with Crippen LogP contribution in [0.25, 0.3) is 0 Å². The summed E-state index contributed by atoms with van der Waals surface area (Å²) in [6, 6.07) is 18.5. The molecule has 1 amide bonds. The molecule has 0 aliphatic heterocycles. The quantitative estimate of drug-likeness (QED) is 0.361. The van der Waals surface area contributed by atoms with E-state index in [-0.39, 0.29) is 23.6 Å². The zero-order chi connectivity index (χ0) is 23.1. The number of carbonyl (C=O) groups is 2. The molecule has 2 N–H and O–H groups in total. The number of rotatable bonds is 9. The fourth-order valence-electron chi connectivity index (χ4n) is 3.46. The molecule has 0 heterocycles. The third-order valence-electron chi connectivity index (χ3n) is 5.19. The van der Waals surface area contributed by atoms with Gasteiger partial charge in [0, 0.05) is 0 Å². The summed E-state index contributed by atoms with van der Waals surface area (Å²) >= 11 is 11.9. The number of anilines is 1. The average molecular weight is 470 g/mol. The molecule has 0 aliphatic carbocycles. The van der Waals surface area contributed by atoms with Crippen molar-refractivity contribution in [2.45, 2.75) is 39.0 Å². The SMILES string of the molecule is CCCCc1ccc(Cc2ccc(NC(=O)Cc3ccc(Cl)c(Cl)c3)c(C(=O)O)c2)cc1. The Balaban J connectivity index is 1.70. The van der Waals surface area contributed by atoms with Gasteiger partial charge in [-0.3, -0.25) is 4.79 Å². The zero-order valence-corrected chi connectivity index (χ0v) is 19.3. The van der Waals surface area contributed by atoms with Gasteiger partial charge in [0.05, 0.1) is 27.7 Å². The van der Waals surface area contributed by atoms with Gasteiger partial charge in [-0.1, -0.05) is 72.9 Å². The van der Waals surface area contributed by atoms with Gasteiger partial charge in [-0.05, 0) is 65.8 Å². The maximum atomic E-state index is 12.5. The highest BCUT2D eigenvalue weighted by molar-refractivity contribution is 6.42. The van der Waals surface area contributed by atoms with Crippen LogP contribution in [0.1, 0.15) is 52.4 Å². The van der Waals surface area contributed by atoms with Crippen LogP contribution < -0.4 is 5.32 Å². The lowest BCUT2D eigenvalue weighted by molar-refractivity contribution is -0.115. The number of halogens is 2. The van der Waals surface area contributed by atoms with Gasteiger partial charge in [0.1, 0.15) is 0 Å². The Morgan fingerprint density at radius 1 is 0.844 bits per heavy atom. The molecule has 3 aromatic carbocycles. The molecular weight excluding hydrogens is 445 g/mol. The van der Waals surface area contributed by atoms with E-state index in [4.69, 9.17) is 23.2 Å². The van der Waals surface area contributed by atoms with Gasteiger partial charge in [-0.15, -0.1) is 0 Å². The van der Waals surface area contributed by atoms with E-state index in [9.17, 15) is 14.7 Å². The van der Waals surface area contributed by atoms with Crippen LogP contribution in [0.2, 0.25) is 10.0 Å². The highest BCUT2D eigenvalue weighted by atomic mass is 35.5. The van der Waals surface area contributed by atoms with Gasteiger partial charge in [0.2, 0.25) is 5.91 Å². The van der Waals surface area contributed by atoms with Crippen molar-refractivity contribution in [3.8, 4) is 0 Å². The fourth-order valence-corrected chi connectivity index (χ4v) is 3.78. The van der Waals surface area contributed by atoms with E-state index in [0.29, 0.717) is 22.0 Å². The second kappa shape index (κ2) is 11.2. The van der Waals surface area contributed by atoms with Gasteiger partial charge < -0.3 is 10.4 Å². The second-order valence-electron chi connectivity index (χ2n) is 7.76. The van der Waals surface area contributed by atoms with Crippen LogP contribution in [0.4, 0.5) is 5.69 Å². The molecule has 0 saturated carbocycles. The summed E-state index contributed by atoms with van der Waals surface area (Å²) in [6.07, 6.45) is 4.07. The molecule has 0 aliphatic rings. The first-order valence-corrected chi connectivity index (χ1v) is 11.3. The lowest BCUT2D eigenvalue weighted by Gasteiger charge is -2.11. The molecule has 3 rings (SSSR count). The monoisotopic (exact) mass is 469 g/mol. The number of benzene rings is 3. The summed E-state index contributed by atoms with van der Waals surface area (Å²) in [5, 5.41) is 13.1. The minimum Gasteiger partial charge on any atom is -0.478 e. The first-order chi connectivity index (χ1) is 15.4. The summed E-state index contributed by atoms with van der Waals surface area (Å²) in [4.78, 5) is 24.3. The molecule has 0 radical (unpaired) electrons. The normalized spacial score (nSPS) is 10.7. The van der Waals surface area contributed by atoms with Crippen LogP contribution >= 0.6 is 23.2 Å². The molecule has 32 heavy (non-hydrogen) atoms. The number of aromatic carboxylic acids is 1. The molecule has 4 nitrogen and oxygen atoms in total. The van der Waals surface area contributed by atoms with Crippen LogP contribution in [0, 0.1) is 0 Å². The number of amides is 1. The minimum absolute atomic E-state index is 0.0576. The van der Waals surface area contributed by atoms with Gasteiger partial charge in [-0.25, -0.2) is 4.79 Å². The molecule has 0 aromatic heterocycles. The Hall–Kier alpha value is -2.82. The number of hydrogen-bond donors (Lipinski definition) is 2. The largest absolute Gasteiger partial charge is 0.478 e. The van der Waals surface area contributed by atoms with E-state index in [0.717, 1.165) is 24.0 Å². The van der Waals surface area contributed by atoms with Crippen molar-refractivity contribution in [1.29, 1.82) is 0 Å². The first-order valence-electron chi connectivity index (χ1n) is 10.5. The van der Waals surface area contributed by atoms with Crippen molar-refractivity contribution >= 4 is 40.8 Å². The van der Waals surface area contributed by atoms with Crippen molar-refractivity contribution in [2.24, 2.45) is 0 Å².